The van der Waals surface area contributed by atoms with Gasteiger partial charge in [0.2, 0.25) is 10.0 Å². The molecule has 1 aromatic carbocycles. The lowest BCUT2D eigenvalue weighted by Crippen LogP contribution is -2.35. The van der Waals surface area contributed by atoms with Crippen molar-refractivity contribution in [3.63, 3.8) is 0 Å². The van der Waals surface area contributed by atoms with E-state index in [0.29, 0.717) is 6.54 Å². The van der Waals surface area contributed by atoms with Crippen molar-refractivity contribution in [3.8, 4) is 0 Å². The average Bonchev–Trinajstić information content (AvgIpc) is 2.79. The summed E-state index contributed by atoms with van der Waals surface area (Å²) in [6.07, 6.45) is 4.98. The number of imidazole rings is 1. The zero-order valence-corrected chi connectivity index (χ0v) is 13.0. The van der Waals surface area contributed by atoms with Gasteiger partial charge in [-0.05, 0) is 41.1 Å². The van der Waals surface area contributed by atoms with Gasteiger partial charge in [-0.2, -0.15) is 0 Å². The Labute approximate surface area is 125 Å². The highest BCUT2D eigenvalue weighted by Crippen LogP contribution is 2.22. The van der Waals surface area contributed by atoms with E-state index in [0.717, 1.165) is 12.1 Å². The summed E-state index contributed by atoms with van der Waals surface area (Å²) in [5.41, 5.74) is 0. The Morgan fingerprint density at radius 2 is 2.25 bits per heavy atom. The van der Waals surface area contributed by atoms with E-state index < -0.39 is 15.8 Å². The number of nitrogens with one attached hydrogen (secondary N) is 1. The van der Waals surface area contributed by atoms with Crippen LogP contribution in [0.15, 0.2) is 46.3 Å². The number of aromatic nitrogens is 2. The molecule has 1 atom stereocenters. The first-order chi connectivity index (χ1) is 9.38. The molecule has 0 amide bonds. The summed E-state index contributed by atoms with van der Waals surface area (Å²) in [4.78, 5) is 3.90. The summed E-state index contributed by atoms with van der Waals surface area (Å²) in [6, 6.07) is 3.13. The first-order valence-electron chi connectivity index (χ1n) is 5.81. The monoisotopic (exact) mass is 361 g/mol. The van der Waals surface area contributed by atoms with Crippen LogP contribution in [0.25, 0.3) is 0 Å². The molecule has 20 heavy (non-hydrogen) atoms. The third-order valence-corrected chi connectivity index (χ3v) is 5.15. The summed E-state index contributed by atoms with van der Waals surface area (Å²) in [5, 5.41) is 0. The van der Waals surface area contributed by atoms with Crippen LogP contribution in [0.4, 0.5) is 4.39 Å². The van der Waals surface area contributed by atoms with Crippen molar-refractivity contribution in [1.82, 2.24) is 14.3 Å². The fourth-order valence-corrected chi connectivity index (χ4v) is 4.05. The maximum absolute atomic E-state index is 13.0. The highest BCUT2D eigenvalue weighted by Gasteiger charge is 2.20. The highest BCUT2D eigenvalue weighted by atomic mass is 79.9. The molecule has 0 aliphatic rings. The number of rotatable bonds is 5. The fourth-order valence-electron chi connectivity index (χ4n) is 1.77. The summed E-state index contributed by atoms with van der Waals surface area (Å²) >= 11 is 3.06. The molecule has 2 aromatic rings. The lowest BCUT2D eigenvalue weighted by atomic mass is 10.3. The molecular weight excluding hydrogens is 349 g/mol. The lowest BCUT2D eigenvalue weighted by Gasteiger charge is -2.15. The van der Waals surface area contributed by atoms with Crippen LogP contribution in [0.2, 0.25) is 0 Å². The Hall–Kier alpha value is -1.25. The molecule has 5 nitrogen and oxygen atoms in total. The van der Waals surface area contributed by atoms with Gasteiger partial charge in [-0.25, -0.2) is 22.5 Å². The number of sulfonamides is 1. The smallest absolute Gasteiger partial charge is 0.241 e. The number of halogens is 2. The maximum atomic E-state index is 13.0. The van der Waals surface area contributed by atoms with Gasteiger partial charge in [-0.3, -0.25) is 0 Å². The van der Waals surface area contributed by atoms with Crippen molar-refractivity contribution in [2.24, 2.45) is 0 Å². The normalized spacial score (nSPS) is 13.3. The van der Waals surface area contributed by atoms with Crippen molar-refractivity contribution in [2.45, 2.75) is 24.4 Å². The predicted octanol–water partition coefficient (Wildman–Crippen LogP) is 2.15. The Kier molecular flexibility index (Phi) is 4.56. The Bertz CT molecular complexity index is 689. The van der Waals surface area contributed by atoms with Gasteiger partial charge in [0.05, 0.1) is 11.2 Å². The third-order valence-electron chi connectivity index (χ3n) is 2.58. The SMILES string of the molecule is CC(Cn1ccnc1)NS(=O)(=O)c1ccc(F)cc1Br. The van der Waals surface area contributed by atoms with Crippen LogP contribution < -0.4 is 4.72 Å². The molecule has 8 heteroatoms. The van der Waals surface area contributed by atoms with Crippen LogP contribution in [-0.4, -0.2) is 24.0 Å². The van der Waals surface area contributed by atoms with E-state index in [9.17, 15) is 12.8 Å². The minimum Gasteiger partial charge on any atom is -0.336 e. The molecule has 2 rings (SSSR count). The highest BCUT2D eigenvalue weighted by molar-refractivity contribution is 9.10. The quantitative estimate of drug-likeness (QED) is 0.887. The molecule has 0 fully saturated rings. The van der Waals surface area contributed by atoms with Crippen LogP contribution in [0, 0.1) is 5.82 Å². The minimum absolute atomic E-state index is 0.0105. The summed E-state index contributed by atoms with van der Waals surface area (Å²) in [6.45, 7) is 2.20. The van der Waals surface area contributed by atoms with Gasteiger partial charge in [0.25, 0.3) is 0 Å². The molecule has 1 N–H and O–H groups in total. The molecule has 0 bridgehead atoms. The molecule has 0 spiro atoms. The number of hydrogen-bond acceptors (Lipinski definition) is 3. The van der Waals surface area contributed by atoms with E-state index in [-0.39, 0.29) is 15.4 Å². The van der Waals surface area contributed by atoms with Crippen LogP contribution in [0.1, 0.15) is 6.92 Å². The van der Waals surface area contributed by atoms with Gasteiger partial charge >= 0.3 is 0 Å². The van der Waals surface area contributed by atoms with Crippen LogP contribution in [-0.2, 0) is 16.6 Å². The molecule has 108 valence electrons. The van der Waals surface area contributed by atoms with Gasteiger partial charge in [0.15, 0.2) is 0 Å². The molecule has 1 heterocycles. The van der Waals surface area contributed by atoms with Crippen molar-refractivity contribution in [1.29, 1.82) is 0 Å². The van der Waals surface area contributed by atoms with Crippen molar-refractivity contribution in [2.75, 3.05) is 0 Å². The lowest BCUT2D eigenvalue weighted by molar-refractivity contribution is 0.520. The summed E-state index contributed by atoms with van der Waals surface area (Å²) in [5.74, 6) is -0.498. The largest absolute Gasteiger partial charge is 0.336 e. The third kappa shape index (κ3) is 3.65. The minimum atomic E-state index is -3.71. The Balaban J connectivity index is 2.14. The molecule has 0 radical (unpaired) electrons. The van der Waals surface area contributed by atoms with E-state index in [1.54, 1.807) is 30.2 Å². The van der Waals surface area contributed by atoms with Crippen LogP contribution >= 0.6 is 15.9 Å². The fraction of sp³-hybridized carbons (Fsp3) is 0.250. The number of hydrogen-bond donors (Lipinski definition) is 1. The molecule has 1 unspecified atom stereocenters. The Morgan fingerprint density at radius 1 is 1.50 bits per heavy atom. The standard InChI is InChI=1S/C12H13BrFN3O2S/c1-9(7-17-5-4-15-8-17)16-20(18,19)12-3-2-10(14)6-11(12)13/h2-6,8-9,16H,7H2,1H3. The van der Waals surface area contributed by atoms with E-state index in [4.69, 9.17) is 0 Å². The summed E-state index contributed by atoms with van der Waals surface area (Å²) in [7, 11) is -3.71. The van der Waals surface area contributed by atoms with Gasteiger partial charge in [-0.15, -0.1) is 0 Å². The maximum Gasteiger partial charge on any atom is 0.241 e. The molecule has 0 saturated carbocycles. The topological polar surface area (TPSA) is 64.0 Å². The van der Waals surface area contributed by atoms with Gasteiger partial charge in [0, 0.05) is 29.5 Å². The van der Waals surface area contributed by atoms with Crippen molar-refractivity contribution in [3.05, 3.63) is 47.2 Å². The number of benzene rings is 1. The van der Waals surface area contributed by atoms with E-state index >= 15 is 0 Å². The van der Waals surface area contributed by atoms with E-state index in [2.05, 4.69) is 25.6 Å². The molecule has 0 saturated heterocycles. The van der Waals surface area contributed by atoms with Gasteiger partial charge < -0.3 is 4.57 Å². The first kappa shape index (κ1) is 15.1. The average molecular weight is 362 g/mol. The second-order valence-corrected chi connectivity index (χ2v) is 6.89. The first-order valence-corrected chi connectivity index (χ1v) is 8.09. The molecule has 0 aliphatic heterocycles. The summed E-state index contributed by atoms with van der Waals surface area (Å²) < 4.78 is 41.9. The zero-order chi connectivity index (χ0) is 14.8. The van der Waals surface area contributed by atoms with Crippen LogP contribution in [0.5, 0.6) is 0 Å². The zero-order valence-electron chi connectivity index (χ0n) is 10.6. The molecule has 0 aliphatic carbocycles. The van der Waals surface area contributed by atoms with Crippen LogP contribution in [0.3, 0.4) is 0 Å². The number of nitrogens with zero attached hydrogens (tertiary/aromatic N) is 2. The van der Waals surface area contributed by atoms with Gasteiger partial charge in [0.1, 0.15) is 5.82 Å². The Morgan fingerprint density at radius 3 is 2.85 bits per heavy atom. The molecule has 1 aromatic heterocycles. The van der Waals surface area contributed by atoms with Crippen molar-refractivity contribution < 1.29 is 12.8 Å². The van der Waals surface area contributed by atoms with E-state index in [1.807, 2.05) is 0 Å². The van der Waals surface area contributed by atoms with E-state index in [1.165, 1.54) is 6.07 Å². The van der Waals surface area contributed by atoms with Gasteiger partial charge in [-0.1, -0.05) is 0 Å². The second-order valence-electron chi connectivity index (χ2n) is 4.36. The second kappa shape index (κ2) is 6.02. The predicted molar refractivity (Wildman–Crippen MR) is 76.1 cm³/mol. The van der Waals surface area contributed by atoms with Crippen molar-refractivity contribution >= 4 is 26.0 Å². The molecular formula is C12H13BrFN3O2S.